The number of benzene rings is 9. The summed E-state index contributed by atoms with van der Waals surface area (Å²) in [7, 11) is 0. The van der Waals surface area contributed by atoms with Crippen LogP contribution in [-0.4, -0.2) is 19.5 Å². The van der Waals surface area contributed by atoms with Crippen LogP contribution in [0.3, 0.4) is 0 Å². The number of rotatable bonds is 6. The van der Waals surface area contributed by atoms with Crippen LogP contribution < -0.4 is 0 Å². The molecule has 0 amide bonds. The minimum atomic E-state index is 0.619. The topological polar surface area (TPSA) is 56.7 Å². The molecule has 9 aromatic carbocycles. The molecular formula is C55H34N4O. The Morgan fingerprint density at radius 2 is 0.933 bits per heavy atom. The largest absolute Gasteiger partial charge is 0.456 e. The van der Waals surface area contributed by atoms with Crippen molar-refractivity contribution in [2.45, 2.75) is 0 Å². The molecule has 60 heavy (non-hydrogen) atoms. The Bertz CT molecular complexity index is 3550. The van der Waals surface area contributed by atoms with Gasteiger partial charge in [0.25, 0.3) is 0 Å². The minimum Gasteiger partial charge on any atom is -0.456 e. The lowest BCUT2D eigenvalue weighted by atomic mass is 9.96. The highest BCUT2D eigenvalue weighted by Crippen LogP contribution is 2.41. The van der Waals surface area contributed by atoms with E-state index in [-0.39, 0.29) is 0 Å². The second-order valence-electron chi connectivity index (χ2n) is 15.2. The van der Waals surface area contributed by atoms with Crippen molar-refractivity contribution < 1.29 is 4.42 Å². The third kappa shape index (κ3) is 5.67. The van der Waals surface area contributed by atoms with Gasteiger partial charge in [-0.15, -0.1) is 0 Å². The van der Waals surface area contributed by atoms with E-state index in [1.165, 1.54) is 32.6 Å². The molecule has 0 saturated heterocycles. The van der Waals surface area contributed by atoms with Gasteiger partial charge in [0.05, 0.1) is 11.0 Å². The maximum absolute atomic E-state index is 6.52. The lowest BCUT2D eigenvalue weighted by molar-refractivity contribution is 0.669. The summed E-state index contributed by atoms with van der Waals surface area (Å²) < 4.78 is 8.91. The number of para-hydroxylation sites is 1. The first-order valence-corrected chi connectivity index (χ1v) is 20.2. The smallest absolute Gasteiger partial charge is 0.164 e. The van der Waals surface area contributed by atoms with E-state index in [4.69, 9.17) is 19.4 Å². The lowest BCUT2D eigenvalue weighted by Crippen LogP contribution is -2.00. The fourth-order valence-electron chi connectivity index (χ4n) is 8.76. The van der Waals surface area contributed by atoms with Gasteiger partial charge in [-0.25, -0.2) is 15.0 Å². The molecule has 0 fully saturated rings. The van der Waals surface area contributed by atoms with Crippen molar-refractivity contribution >= 4 is 54.5 Å². The highest BCUT2D eigenvalue weighted by atomic mass is 16.3. The number of furan rings is 1. The van der Waals surface area contributed by atoms with Gasteiger partial charge in [-0.1, -0.05) is 152 Å². The molecule has 12 aromatic rings. The Kier molecular flexibility index (Phi) is 7.78. The van der Waals surface area contributed by atoms with Crippen LogP contribution in [0.25, 0.3) is 117 Å². The minimum absolute atomic E-state index is 0.619. The SMILES string of the molecule is c1ccc(-c2nc(-c3ccccc3)nc(-c3cccc(-c4cccc5oc6ccc(-c7ccc8c(c7)c7ccccc7n8-c7ccc8ccccc8c7)cc6c45)c3)n2)cc1. The van der Waals surface area contributed by atoms with Gasteiger partial charge in [0, 0.05) is 43.9 Å². The van der Waals surface area contributed by atoms with E-state index in [9.17, 15) is 0 Å². The van der Waals surface area contributed by atoms with E-state index in [1.54, 1.807) is 0 Å². The van der Waals surface area contributed by atoms with Crippen molar-refractivity contribution in [2.75, 3.05) is 0 Å². The predicted octanol–water partition coefficient (Wildman–Crippen LogP) is 14.4. The van der Waals surface area contributed by atoms with Crippen molar-refractivity contribution in [3.8, 4) is 62.1 Å². The molecule has 0 radical (unpaired) electrons. The summed E-state index contributed by atoms with van der Waals surface area (Å²) in [6, 6.07) is 72.3. The maximum Gasteiger partial charge on any atom is 0.164 e. The second kappa shape index (κ2) is 13.8. The van der Waals surface area contributed by atoms with Gasteiger partial charge in [-0.3, -0.25) is 0 Å². The van der Waals surface area contributed by atoms with Crippen LogP contribution in [0.1, 0.15) is 0 Å². The normalized spacial score (nSPS) is 11.7. The molecule has 12 rings (SSSR count). The van der Waals surface area contributed by atoms with E-state index < -0.39 is 0 Å². The highest BCUT2D eigenvalue weighted by Gasteiger charge is 2.18. The molecule has 0 N–H and O–H groups in total. The standard InChI is InChI=1S/C55H34N4O/c1-3-14-36(15-4-1)53-56-54(37-16-5-2-6-17-37)58-55(57-53)42-20-11-19-41(31-42)44-22-12-24-51-52(44)47-34-40(27-30-50(47)60-51)39-26-29-49-46(33-39)45-21-9-10-23-48(45)59(49)43-28-25-35-13-7-8-18-38(35)32-43/h1-34H. The van der Waals surface area contributed by atoms with Gasteiger partial charge in [0.1, 0.15) is 11.2 Å². The molecule has 0 atom stereocenters. The van der Waals surface area contributed by atoms with E-state index in [2.05, 4.69) is 150 Å². The molecule has 0 saturated carbocycles. The summed E-state index contributed by atoms with van der Waals surface area (Å²) in [6.07, 6.45) is 0. The zero-order valence-electron chi connectivity index (χ0n) is 32.3. The molecule has 5 heteroatoms. The first-order chi connectivity index (χ1) is 29.7. The van der Waals surface area contributed by atoms with Crippen LogP contribution in [0.5, 0.6) is 0 Å². The molecular weight excluding hydrogens is 733 g/mol. The van der Waals surface area contributed by atoms with E-state index in [0.717, 1.165) is 66.6 Å². The number of nitrogens with zero attached hydrogens (tertiary/aromatic N) is 4. The van der Waals surface area contributed by atoms with Crippen LogP contribution in [0, 0.1) is 0 Å². The van der Waals surface area contributed by atoms with Gasteiger partial charge >= 0.3 is 0 Å². The Balaban J connectivity index is 0.977. The Morgan fingerprint density at radius 3 is 1.72 bits per heavy atom. The van der Waals surface area contributed by atoms with Crippen molar-refractivity contribution in [3.05, 3.63) is 206 Å². The molecule has 3 aromatic heterocycles. The molecule has 0 aliphatic heterocycles. The summed E-state index contributed by atoms with van der Waals surface area (Å²) in [6.45, 7) is 0. The Labute approximate surface area is 345 Å². The molecule has 3 heterocycles. The molecule has 0 spiro atoms. The van der Waals surface area contributed by atoms with Crippen LogP contribution in [0.2, 0.25) is 0 Å². The zero-order chi connectivity index (χ0) is 39.6. The predicted molar refractivity (Wildman–Crippen MR) is 246 cm³/mol. The molecule has 0 bridgehead atoms. The van der Waals surface area contributed by atoms with E-state index >= 15 is 0 Å². The van der Waals surface area contributed by atoms with Crippen molar-refractivity contribution in [1.29, 1.82) is 0 Å². The number of hydrogen-bond acceptors (Lipinski definition) is 4. The third-order valence-corrected chi connectivity index (χ3v) is 11.6. The van der Waals surface area contributed by atoms with Gasteiger partial charge in [0.2, 0.25) is 0 Å². The second-order valence-corrected chi connectivity index (χ2v) is 15.2. The third-order valence-electron chi connectivity index (χ3n) is 11.6. The molecule has 5 nitrogen and oxygen atoms in total. The van der Waals surface area contributed by atoms with Crippen molar-refractivity contribution in [2.24, 2.45) is 0 Å². The van der Waals surface area contributed by atoms with Crippen LogP contribution in [0.4, 0.5) is 0 Å². The monoisotopic (exact) mass is 766 g/mol. The molecule has 280 valence electrons. The maximum atomic E-state index is 6.52. The van der Waals surface area contributed by atoms with Crippen LogP contribution in [-0.2, 0) is 0 Å². The molecule has 0 aliphatic rings. The summed E-state index contributed by atoms with van der Waals surface area (Å²) in [5.41, 5.74) is 12.4. The number of fused-ring (bicyclic) bond motifs is 7. The van der Waals surface area contributed by atoms with Gasteiger partial charge in [0.15, 0.2) is 17.5 Å². The Morgan fingerprint density at radius 1 is 0.333 bits per heavy atom. The van der Waals surface area contributed by atoms with Gasteiger partial charge < -0.3 is 8.98 Å². The number of hydrogen-bond donors (Lipinski definition) is 0. The lowest BCUT2D eigenvalue weighted by Gasteiger charge is -2.10. The van der Waals surface area contributed by atoms with Gasteiger partial charge in [-0.2, -0.15) is 0 Å². The Hall–Kier alpha value is -8.15. The quantitative estimate of drug-likeness (QED) is 0.169. The average Bonchev–Trinajstić information content (AvgIpc) is 3.87. The first-order valence-electron chi connectivity index (χ1n) is 20.2. The van der Waals surface area contributed by atoms with Crippen LogP contribution >= 0.6 is 0 Å². The van der Waals surface area contributed by atoms with Gasteiger partial charge in [-0.05, 0) is 87.6 Å². The van der Waals surface area contributed by atoms with Crippen molar-refractivity contribution in [1.82, 2.24) is 19.5 Å². The summed E-state index contributed by atoms with van der Waals surface area (Å²) in [5, 5.41) is 7.05. The average molecular weight is 767 g/mol. The highest BCUT2D eigenvalue weighted by molar-refractivity contribution is 6.14. The molecule has 0 unspecified atom stereocenters. The fourth-order valence-corrected chi connectivity index (χ4v) is 8.76. The van der Waals surface area contributed by atoms with Crippen LogP contribution in [0.15, 0.2) is 211 Å². The summed E-state index contributed by atoms with van der Waals surface area (Å²) >= 11 is 0. The number of aromatic nitrogens is 4. The first kappa shape index (κ1) is 33.9. The molecule has 0 aliphatic carbocycles. The summed E-state index contributed by atoms with van der Waals surface area (Å²) in [4.78, 5) is 14.9. The van der Waals surface area contributed by atoms with E-state index in [1.807, 2.05) is 60.7 Å². The summed E-state index contributed by atoms with van der Waals surface area (Å²) in [5.74, 6) is 1.89. The zero-order valence-corrected chi connectivity index (χ0v) is 32.3. The fraction of sp³-hybridized carbons (Fsp3) is 0. The van der Waals surface area contributed by atoms with E-state index in [0.29, 0.717) is 17.5 Å². The van der Waals surface area contributed by atoms with Crippen molar-refractivity contribution in [3.63, 3.8) is 0 Å².